The highest BCUT2D eigenvalue weighted by atomic mass is 32.2. The van der Waals surface area contributed by atoms with E-state index in [-0.39, 0.29) is 22.9 Å². The fraction of sp³-hybridized carbons (Fsp3) is 0.625. The van der Waals surface area contributed by atoms with Crippen molar-refractivity contribution >= 4 is 10.0 Å². The molecule has 1 fully saturated rings. The van der Waals surface area contributed by atoms with Crippen molar-refractivity contribution < 1.29 is 27.4 Å². The summed E-state index contributed by atoms with van der Waals surface area (Å²) in [6, 6.07) is 3.02. The summed E-state index contributed by atoms with van der Waals surface area (Å²) in [5, 5.41) is 3.34. The van der Waals surface area contributed by atoms with Gasteiger partial charge in [-0.1, -0.05) is 0 Å². The number of nitrogens with one attached hydrogen (secondary N) is 2. The predicted molar refractivity (Wildman–Crippen MR) is 93.1 cm³/mol. The van der Waals surface area contributed by atoms with Crippen molar-refractivity contribution in [1.82, 2.24) is 10.0 Å². The predicted octanol–water partition coefficient (Wildman–Crippen LogP) is 0.759. The molecule has 1 aliphatic heterocycles. The summed E-state index contributed by atoms with van der Waals surface area (Å²) in [5.74, 6) is 0.758. The van der Waals surface area contributed by atoms with E-state index in [1.165, 1.54) is 33.5 Å². The fourth-order valence-electron chi connectivity index (χ4n) is 3.01. The number of hydrogen-bond acceptors (Lipinski definition) is 7. The normalized spacial score (nSPS) is 20.5. The highest BCUT2D eigenvalue weighted by molar-refractivity contribution is 7.89. The van der Waals surface area contributed by atoms with Gasteiger partial charge in [0.25, 0.3) is 0 Å². The van der Waals surface area contributed by atoms with E-state index in [4.69, 9.17) is 18.9 Å². The molecule has 142 valence electrons. The van der Waals surface area contributed by atoms with Crippen LogP contribution in [0.3, 0.4) is 0 Å². The summed E-state index contributed by atoms with van der Waals surface area (Å²) in [6.07, 6.45) is 1.81. The first kappa shape index (κ1) is 19.8. The minimum Gasteiger partial charge on any atom is -0.496 e. The highest BCUT2D eigenvalue weighted by Gasteiger charge is 2.36. The lowest BCUT2D eigenvalue weighted by molar-refractivity contribution is 0.122. The number of hydrogen-bond donors (Lipinski definition) is 2. The van der Waals surface area contributed by atoms with Gasteiger partial charge in [-0.25, -0.2) is 13.1 Å². The lowest BCUT2D eigenvalue weighted by atomic mass is 9.99. The van der Waals surface area contributed by atoms with Crippen molar-refractivity contribution in [3.05, 3.63) is 12.1 Å². The van der Waals surface area contributed by atoms with Crippen LogP contribution in [0.2, 0.25) is 0 Å². The number of ether oxygens (including phenoxy) is 4. The van der Waals surface area contributed by atoms with Crippen molar-refractivity contribution in [1.29, 1.82) is 0 Å². The molecule has 1 saturated heterocycles. The molecule has 1 heterocycles. The van der Waals surface area contributed by atoms with Crippen molar-refractivity contribution in [3.8, 4) is 17.2 Å². The molecular weight excluding hydrogens is 348 g/mol. The molecule has 0 aliphatic carbocycles. The van der Waals surface area contributed by atoms with E-state index in [1.807, 2.05) is 0 Å². The van der Waals surface area contributed by atoms with Crippen LogP contribution >= 0.6 is 0 Å². The van der Waals surface area contributed by atoms with Crippen LogP contribution in [0.4, 0.5) is 0 Å². The Morgan fingerprint density at radius 2 is 1.76 bits per heavy atom. The Morgan fingerprint density at radius 3 is 2.20 bits per heavy atom. The Kier molecular flexibility index (Phi) is 6.50. The van der Waals surface area contributed by atoms with E-state index in [0.717, 1.165) is 19.4 Å². The minimum absolute atomic E-state index is 0.0520. The summed E-state index contributed by atoms with van der Waals surface area (Å²) in [7, 11) is 2.03. The molecule has 0 radical (unpaired) electrons. The van der Waals surface area contributed by atoms with Gasteiger partial charge in [-0.3, -0.25) is 0 Å². The third-order valence-corrected chi connectivity index (χ3v) is 5.76. The highest BCUT2D eigenvalue weighted by Crippen LogP contribution is 2.37. The maximum Gasteiger partial charge on any atom is 0.248 e. The maximum atomic E-state index is 12.9. The molecule has 1 aromatic rings. The minimum atomic E-state index is -3.87. The van der Waals surface area contributed by atoms with Crippen LogP contribution in [0.15, 0.2) is 17.0 Å². The second-order valence-corrected chi connectivity index (χ2v) is 7.63. The molecule has 0 spiro atoms. The van der Waals surface area contributed by atoms with Gasteiger partial charge >= 0.3 is 0 Å². The maximum absolute atomic E-state index is 12.9. The third-order valence-electron chi connectivity index (χ3n) is 4.29. The number of sulfonamides is 1. The molecular formula is C16H26N2O6S. The molecule has 0 amide bonds. The van der Waals surface area contributed by atoms with Crippen LogP contribution < -0.4 is 24.2 Å². The molecule has 0 aromatic heterocycles. The Bertz CT molecular complexity index is 661. The lowest BCUT2D eigenvalue weighted by Crippen LogP contribution is -2.52. The van der Waals surface area contributed by atoms with Crippen LogP contribution in [-0.2, 0) is 14.8 Å². The zero-order chi connectivity index (χ0) is 18.5. The topological polar surface area (TPSA) is 95.1 Å². The fourth-order valence-corrected chi connectivity index (χ4v) is 4.44. The van der Waals surface area contributed by atoms with Gasteiger partial charge in [-0.15, -0.1) is 0 Å². The summed E-state index contributed by atoms with van der Waals surface area (Å²) in [5.41, 5.74) is -0.408. The molecule has 0 saturated carbocycles. The Morgan fingerprint density at radius 1 is 1.12 bits per heavy atom. The smallest absolute Gasteiger partial charge is 0.248 e. The first-order chi connectivity index (χ1) is 11.9. The van der Waals surface area contributed by atoms with Gasteiger partial charge in [0, 0.05) is 25.8 Å². The molecule has 1 aliphatic rings. The van der Waals surface area contributed by atoms with Gasteiger partial charge < -0.3 is 24.3 Å². The molecule has 9 heteroatoms. The molecule has 1 atom stereocenters. The van der Waals surface area contributed by atoms with Crippen LogP contribution in [0.1, 0.15) is 12.8 Å². The van der Waals surface area contributed by atoms with E-state index in [1.54, 1.807) is 7.11 Å². The molecule has 0 bridgehead atoms. The Labute approximate surface area is 148 Å². The second-order valence-electron chi connectivity index (χ2n) is 5.93. The summed E-state index contributed by atoms with van der Waals surface area (Å²) in [6.45, 7) is 1.47. The first-order valence-corrected chi connectivity index (χ1v) is 9.43. The van der Waals surface area contributed by atoms with Crippen LogP contribution in [0.5, 0.6) is 17.2 Å². The third kappa shape index (κ3) is 4.35. The van der Waals surface area contributed by atoms with Crippen LogP contribution in [0.25, 0.3) is 0 Å². The number of rotatable bonds is 9. The zero-order valence-corrected chi connectivity index (χ0v) is 15.9. The van der Waals surface area contributed by atoms with E-state index >= 15 is 0 Å². The average Bonchev–Trinajstić information content (AvgIpc) is 3.08. The SMILES string of the molecule is COCC1(CNS(=O)(=O)c2c(OC)cc(OC)cc2OC)CCCN1. The molecule has 25 heavy (non-hydrogen) atoms. The monoisotopic (exact) mass is 374 g/mol. The van der Waals surface area contributed by atoms with Crippen molar-refractivity contribution in [2.45, 2.75) is 23.3 Å². The molecule has 2 N–H and O–H groups in total. The Balaban J connectivity index is 2.32. The first-order valence-electron chi connectivity index (χ1n) is 7.95. The van der Waals surface area contributed by atoms with Gasteiger partial charge in [0.1, 0.15) is 17.2 Å². The van der Waals surface area contributed by atoms with Gasteiger partial charge in [0.05, 0.1) is 33.5 Å². The second kappa shape index (κ2) is 8.22. The number of methoxy groups -OCH3 is 4. The van der Waals surface area contributed by atoms with Gasteiger partial charge in [-0.2, -0.15) is 0 Å². The summed E-state index contributed by atoms with van der Waals surface area (Å²) >= 11 is 0. The van der Waals surface area contributed by atoms with Gasteiger partial charge in [-0.05, 0) is 19.4 Å². The summed E-state index contributed by atoms with van der Waals surface area (Å²) < 4.78 is 49.4. The largest absolute Gasteiger partial charge is 0.496 e. The van der Waals surface area contributed by atoms with Gasteiger partial charge in [0.2, 0.25) is 10.0 Å². The molecule has 2 rings (SSSR count). The average molecular weight is 374 g/mol. The zero-order valence-electron chi connectivity index (χ0n) is 15.0. The van der Waals surface area contributed by atoms with Crippen LogP contribution in [0, 0.1) is 0 Å². The van der Waals surface area contributed by atoms with E-state index in [9.17, 15) is 8.42 Å². The molecule has 1 unspecified atom stereocenters. The quantitative estimate of drug-likeness (QED) is 0.659. The molecule has 8 nitrogen and oxygen atoms in total. The van der Waals surface area contributed by atoms with E-state index < -0.39 is 15.6 Å². The lowest BCUT2D eigenvalue weighted by Gasteiger charge is -2.29. The van der Waals surface area contributed by atoms with Crippen LogP contribution in [-0.4, -0.2) is 62.1 Å². The molecule has 1 aromatic carbocycles. The summed E-state index contributed by atoms with van der Waals surface area (Å²) in [4.78, 5) is -0.0520. The number of benzene rings is 1. The van der Waals surface area contributed by atoms with E-state index in [0.29, 0.717) is 12.4 Å². The van der Waals surface area contributed by atoms with Crippen molar-refractivity contribution in [2.75, 3.05) is 48.1 Å². The van der Waals surface area contributed by atoms with E-state index in [2.05, 4.69) is 10.0 Å². The van der Waals surface area contributed by atoms with Crippen molar-refractivity contribution in [3.63, 3.8) is 0 Å². The van der Waals surface area contributed by atoms with Crippen molar-refractivity contribution in [2.24, 2.45) is 0 Å². The Hall–Kier alpha value is -1.55. The van der Waals surface area contributed by atoms with Gasteiger partial charge in [0.15, 0.2) is 4.90 Å². The standard InChI is InChI=1S/C16H26N2O6S/c1-21-11-16(6-5-7-17-16)10-18-25(19,20)15-13(23-3)8-12(22-2)9-14(15)24-4/h8-9,17-18H,5-7,10-11H2,1-4H3.